The van der Waals surface area contributed by atoms with Gasteiger partial charge in [-0.15, -0.1) is 0 Å². The summed E-state index contributed by atoms with van der Waals surface area (Å²) in [5, 5.41) is 2.85. The molecule has 1 aliphatic rings. The summed E-state index contributed by atoms with van der Waals surface area (Å²) in [5.74, 6) is -1.87. The van der Waals surface area contributed by atoms with Gasteiger partial charge >= 0.3 is 0 Å². The van der Waals surface area contributed by atoms with Crippen LogP contribution in [0.15, 0.2) is 66.7 Å². The minimum atomic E-state index is -0.541. The Bertz CT molecular complexity index is 1140. The van der Waals surface area contributed by atoms with Crippen molar-refractivity contribution in [2.75, 3.05) is 10.2 Å². The maximum Gasteiger partial charge on any atom is 0.266 e. The van der Waals surface area contributed by atoms with Crippen LogP contribution in [0.3, 0.4) is 0 Å². The number of benzene rings is 3. The van der Waals surface area contributed by atoms with E-state index in [-0.39, 0.29) is 28.3 Å². The number of nitrogens with zero attached hydrogens (tertiary/aromatic N) is 1. The first kappa shape index (κ1) is 18.6. The van der Waals surface area contributed by atoms with Gasteiger partial charge in [0.1, 0.15) is 5.82 Å². The number of aryl methyl sites for hydroxylation is 1. The Hall–Kier alpha value is -3.80. The number of nitrogens with one attached hydrogen (secondary N) is 1. The number of anilines is 2. The quantitative estimate of drug-likeness (QED) is 0.672. The van der Waals surface area contributed by atoms with E-state index < -0.39 is 17.6 Å². The smallest absolute Gasteiger partial charge is 0.266 e. The Morgan fingerprint density at radius 2 is 1.62 bits per heavy atom. The lowest BCUT2D eigenvalue weighted by Gasteiger charge is -2.13. The van der Waals surface area contributed by atoms with E-state index in [0.717, 1.165) is 16.9 Å². The molecule has 3 aromatic rings. The average molecular weight is 388 g/mol. The van der Waals surface area contributed by atoms with Gasteiger partial charge in [-0.05, 0) is 60.5 Å². The van der Waals surface area contributed by atoms with Crippen molar-refractivity contribution in [3.63, 3.8) is 0 Å². The van der Waals surface area contributed by atoms with Crippen molar-refractivity contribution >= 4 is 29.1 Å². The molecule has 29 heavy (non-hydrogen) atoms. The number of imide groups is 1. The fourth-order valence-corrected chi connectivity index (χ4v) is 3.35. The van der Waals surface area contributed by atoms with Gasteiger partial charge in [-0.1, -0.05) is 25.1 Å². The van der Waals surface area contributed by atoms with Crippen LogP contribution in [-0.4, -0.2) is 17.7 Å². The largest absolute Gasteiger partial charge is 0.322 e. The summed E-state index contributed by atoms with van der Waals surface area (Å²) in [7, 11) is 0. The van der Waals surface area contributed by atoms with E-state index in [0.29, 0.717) is 5.69 Å². The molecule has 4 rings (SSSR count). The molecule has 0 spiro atoms. The molecule has 1 heterocycles. The van der Waals surface area contributed by atoms with Crippen LogP contribution in [-0.2, 0) is 6.42 Å². The van der Waals surface area contributed by atoms with Gasteiger partial charge in [-0.2, -0.15) is 0 Å². The van der Waals surface area contributed by atoms with E-state index >= 15 is 0 Å². The van der Waals surface area contributed by atoms with Crippen LogP contribution in [0.1, 0.15) is 43.6 Å². The lowest BCUT2D eigenvalue weighted by molar-refractivity contribution is 0.0925. The Labute approximate surface area is 166 Å². The van der Waals surface area contributed by atoms with Crippen molar-refractivity contribution in [2.45, 2.75) is 13.3 Å². The van der Waals surface area contributed by atoms with Crippen molar-refractivity contribution in [3.05, 3.63) is 94.8 Å². The third-order valence-corrected chi connectivity index (χ3v) is 4.88. The van der Waals surface area contributed by atoms with Gasteiger partial charge < -0.3 is 5.32 Å². The SMILES string of the molecule is CCc1ccccc1NC(=O)c1ccc2c(c1)C(=O)N(c1ccc(F)cc1)C2=O. The lowest BCUT2D eigenvalue weighted by atomic mass is 10.0. The topological polar surface area (TPSA) is 66.5 Å². The zero-order valence-electron chi connectivity index (χ0n) is 15.6. The number of hydrogen-bond donors (Lipinski definition) is 1. The molecule has 5 nitrogen and oxygen atoms in total. The highest BCUT2D eigenvalue weighted by Gasteiger charge is 2.37. The Morgan fingerprint density at radius 3 is 2.34 bits per heavy atom. The second-order valence-electron chi connectivity index (χ2n) is 6.65. The van der Waals surface area contributed by atoms with E-state index in [1.807, 2.05) is 31.2 Å². The predicted molar refractivity (Wildman–Crippen MR) is 108 cm³/mol. The summed E-state index contributed by atoms with van der Waals surface area (Å²) in [6.45, 7) is 1.99. The first-order valence-corrected chi connectivity index (χ1v) is 9.17. The molecule has 0 aromatic heterocycles. The molecule has 1 aliphatic heterocycles. The minimum Gasteiger partial charge on any atom is -0.322 e. The molecular formula is C23H17FN2O3. The normalized spacial score (nSPS) is 12.8. The zero-order chi connectivity index (χ0) is 20.5. The predicted octanol–water partition coefficient (Wildman–Crippen LogP) is 4.44. The summed E-state index contributed by atoms with van der Waals surface area (Å²) in [6, 6.07) is 17.0. The molecule has 0 fully saturated rings. The fourth-order valence-electron chi connectivity index (χ4n) is 3.35. The number of halogens is 1. The molecular weight excluding hydrogens is 371 g/mol. The van der Waals surface area contributed by atoms with E-state index in [9.17, 15) is 18.8 Å². The highest BCUT2D eigenvalue weighted by Crippen LogP contribution is 2.29. The Kier molecular flexibility index (Phi) is 4.68. The number of hydrogen-bond acceptors (Lipinski definition) is 3. The van der Waals surface area contributed by atoms with Gasteiger partial charge in [-0.3, -0.25) is 14.4 Å². The number of rotatable bonds is 4. The van der Waals surface area contributed by atoms with Crippen LogP contribution in [0, 0.1) is 5.82 Å². The summed E-state index contributed by atoms with van der Waals surface area (Å²) in [5.41, 5.74) is 2.62. The minimum absolute atomic E-state index is 0.149. The average Bonchev–Trinajstić information content (AvgIpc) is 2.99. The molecule has 0 bridgehead atoms. The number of carbonyl (C=O) groups excluding carboxylic acids is 3. The standard InChI is InChI=1S/C23H17FN2O3/c1-2-14-5-3-4-6-20(14)25-21(27)15-7-12-18-19(13-15)23(29)26(22(18)28)17-10-8-16(24)9-11-17/h3-13H,2H2,1H3,(H,25,27). The van der Waals surface area contributed by atoms with Crippen molar-refractivity contribution in [1.29, 1.82) is 0 Å². The Morgan fingerprint density at radius 1 is 0.931 bits per heavy atom. The van der Waals surface area contributed by atoms with Gasteiger partial charge in [0.2, 0.25) is 0 Å². The second-order valence-corrected chi connectivity index (χ2v) is 6.65. The van der Waals surface area contributed by atoms with E-state index in [1.165, 1.54) is 42.5 Å². The van der Waals surface area contributed by atoms with Crippen molar-refractivity contribution in [2.24, 2.45) is 0 Å². The summed E-state index contributed by atoms with van der Waals surface area (Å²) < 4.78 is 13.2. The molecule has 0 unspecified atom stereocenters. The second kappa shape index (κ2) is 7.31. The summed E-state index contributed by atoms with van der Waals surface area (Å²) in [4.78, 5) is 39.1. The molecule has 0 atom stereocenters. The van der Waals surface area contributed by atoms with Crippen LogP contribution in [0.2, 0.25) is 0 Å². The monoisotopic (exact) mass is 388 g/mol. The first-order chi connectivity index (χ1) is 14.0. The van der Waals surface area contributed by atoms with Crippen LogP contribution in [0.25, 0.3) is 0 Å². The van der Waals surface area contributed by atoms with E-state index in [1.54, 1.807) is 0 Å². The number of carbonyl (C=O) groups is 3. The highest BCUT2D eigenvalue weighted by atomic mass is 19.1. The molecule has 0 saturated heterocycles. The van der Waals surface area contributed by atoms with Crippen LogP contribution < -0.4 is 10.2 Å². The molecule has 144 valence electrons. The van der Waals surface area contributed by atoms with Gasteiger partial charge in [0, 0.05) is 11.3 Å². The molecule has 0 aliphatic carbocycles. The molecule has 3 amide bonds. The maximum absolute atomic E-state index is 13.2. The molecule has 0 saturated carbocycles. The van der Waals surface area contributed by atoms with Crippen LogP contribution in [0.5, 0.6) is 0 Å². The van der Waals surface area contributed by atoms with Gasteiger partial charge in [0.25, 0.3) is 17.7 Å². The van der Waals surface area contributed by atoms with Crippen molar-refractivity contribution in [1.82, 2.24) is 0 Å². The van der Waals surface area contributed by atoms with E-state index in [4.69, 9.17) is 0 Å². The zero-order valence-corrected chi connectivity index (χ0v) is 15.6. The maximum atomic E-state index is 13.2. The fraction of sp³-hybridized carbons (Fsp3) is 0.0870. The molecule has 3 aromatic carbocycles. The molecule has 6 heteroatoms. The highest BCUT2D eigenvalue weighted by molar-refractivity contribution is 6.34. The molecule has 0 radical (unpaired) electrons. The van der Waals surface area contributed by atoms with Gasteiger partial charge in [-0.25, -0.2) is 9.29 Å². The van der Waals surface area contributed by atoms with Gasteiger partial charge in [0.05, 0.1) is 16.8 Å². The lowest BCUT2D eigenvalue weighted by Crippen LogP contribution is -2.29. The molecule has 1 N–H and O–H groups in total. The summed E-state index contributed by atoms with van der Waals surface area (Å²) >= 11 is 0. The van der Waals surface area contributed by atoms with Crippen molar-refractivity contribution in [3.8, 4) is 0 Å². The first-order valence-electron chi connectivity index (χ1n) is 9.17. The van der Waals surface area contributed by atoms with Crippen molar-refractivity contribution < 1.29 is 18.8 Å². The van der Waals surface area contributed by atoms with Gasteiger partial charge in [0.15, 0.2) is 0 Å². The number of amides is 3. The summed E-state index contributed by atoms with van der Waals surface area (Å²) in [6.07, 6.45) is 0.764. The third-order valence-electron chi connectivity index (χ3n) is 4.88. The number of para-hydroxylation sites is 1. The van der Waals surface area contributed by atoms with Crippen LogP contribution >= 0.6 is 0 Å². The van der Waals surface area contributed by atoms with Crippen LogP contribution in [0.4, 0.5) is 15.8 Å². The number of fused-ring (bicyclic) bond motifs is 1. The Balaban J connectivity index is 1.63. The third kappa shape index (κ3) is 3.29. The van der Waals surface area contributed by atoms with E-state index in [2.05, 4.69) is 5.32 Å².